The number of hydrazone groups is 1. The number of hydrogen-bond donors (Lipinski definition) is 1. The molecule has 30 heavy (non-hydrogen) atoms. The lowest BCUT2D eigenvalue weighted by molar-refractivity contribution is -0.384. The number of benzene rings is 2. The van der Waals surface area contributed by atoms with Crippen molar-refractivity contribution in [3.05, 3.63) is 86.1 Å². The van der Waals surface area contributed by atoms with E-state index in [1.165, 1.54) is 24.3 Å². The first-order valence-corrected chi connectivity index (χ1v) is 8.14. The molecule has 0 spiro atoms. The summed E-state index contributed by atoms with van der Waals surface area (Å²) < 4.78 is 43.7. The van der Waals surface area contributed by atoms with E-state index in [0.29, 0.717) is 23.5 Å². The van der Waals surface area contributed by atoms with Gasteiger partial charge in [-0.2, -0.15) is 18.3 Å². The molecular formula is C18H11F3N4O5. The van der Waals surface area contributed by atoms with E-state index in [2.05, 4.69) is 10.5 Å². The van der Waals surface area contributed by atoms with Crippen LogP contribution in [0.3, 0.4) is 0 Å². The quantitative estimate of drug-likeness (QED) is 0.331. The lowest BCUT2D eigenvalue weighted by Crippen LogP contribution is -2.06. The normalized spacial score (nSPS) is 11.6. The van der Waals surface area contributed by atoms with Crippen LogP contribution in [0.4, 0.5) is 30.2 Å². The molecule has 0 unspecified atom stereocenters. The van der Waals surface area contributed by atoms with Gasteiger partial charge in [-0.05, 0) is 24.3 Å². The maximum Gasteiger partial charge on any atom is 0.416 e. The van der Waals surface area contributed by atoms with Crippen molar-refractivity contribution in [2.75, 3.05) is 5.43 Å². The van der Waals surface area contributed by atoms with Crippen molar-refractivity contribution in [1.82, 2.24) is 0 Å². The van der Waals surface area contributed by atoms with Gasteiger partial charge in [0, 0.05) is 23.8 Å². The average Bonchev–Trinajstić information content (AvgIpc) is 3.16. The molecule has 0 aliphatic heterocycles. The lowest BCUT2D eigenvalue weighted by atomic mass is 10.1. The van der Waals surface area contributed by atoms with Gasteiger partial charge < -0.3 is 4.42 Å². The number of nitro benzene ring substituents is 2. The van der Waals surface area contributed by atoms with E-state index in [-0.39, 0.29) is 17.1 Å². The summed E-state index contributed by atoms with van der Waals surface area (Å²) in [6.07, 6.45) is -3.56. The first-order chi connectivity index (χ1) is 14.1. The van der Waals surface area contributed by atoms with Crippen LogP contribution in [0.1, 0.15) is 11.3 Å². The molecule has 1 heterocycles. The van der Waals surface area contributed by atoms with E-state index in [9.17, 15) is 33.4 Å². The van der Waals surface area contributed by atoms with E-state index < -0.39 is 27.3 Å². The number of rotatable bonds is 6. The highest BCUT2D eigenvalue weighted by Gasteiger charge is 2.33. The molecule has 0 atom stereocenters. The molecule has 12 heteroatoms. The largest absolute Gasteiger partial charge is 0.455 e. The fourth-order valence-electron chi connectivity index (χ4n) is 2.47. The second-order valence-electron chi connectivity index (χ2n) is 5.87. The van der Waals surface area contributed by atoms with Gasteiger partial charge in [-0.3, -0.25) is 25.7 Å². The number of nitro groups is 2. The van der Waals surface area contributed by atoms with Crippen molar-refractivity contribution in [3.63, 3.8) is 0 Å². The highest BCUT2D eigenvalue weighted by atomic mass is 19.4. The maximum atomic E-state index is 12.7. The van der Waals surface area contributed by atoms with Crippen LogP contribution in [0.2, 0.25) is 0 Å². The minimum atomic E-state index is -4.72. The van der Waals surface area contributed by atoms with Gasteiger partial charge in [-0.25, -0.2) is 0 Å². The number of hydrogen-bond acceptors (Lipinski definition) is 7. The molecule has 2 aromatic carbocycles. The minimum Gasteiger partial charge on any atom is -0.455 e. The summed E-state index contributed by atoms with van der Waals surface area (Å²) in [4.78, 5) is 20.4. The molecule has 0 aliphatic rings. The molecule has 0 fully saturated rings. The van der Waals surface area contributed by atoms with Gasteiger partial charge in [-0.1, -0.05) is 12.1 Å². The van der Waals surface area contributed by atoms with Crippen LogP contribution in [0.25, 0.3) is 11.3 Å². The van der Waals surface area contributed by atoms with Crippen LogP contribution in [0, 0.1) is 20.2 Å². The maximum absolute atomic E-state index is 12.7. The predicted octanol–water partition coefficient (Wildman–Crippen LogP) is 5.23. The summed E-state index contributed by atoms with van der Waals surface area (Å²) in [5.74, 6) is 0.527. The number of non-ortho nitro benzene ring substituents is 1. The SMILES string of the molecule is O=[N+]([O-])c1cccc(-c2ccc(/C=N\Nc3ccc(C(F)(F)F)cc3[N+](=O)[O-])o2)c1. The Morgan fingerprint density at radius 2 is 1.77 bits per heavy atom. The highest BCUT2D eigenvalue weighted by molar-refractivity contribution is 5.78. The zero-order valence-corrected chi connectivity index (χ0v) is 14.8. The number of alkyl halides is 3. The van der Waals surface area contributed by atoms with Crippen LogP contribution < -0.4 is 5.43 Å². The molecule has 0 radical (unpaired) electrons. The Morgan fingerprint density at radius 1 is 1.00 bits per heavy atom. The van der Waals surface area contributed by atoms with Crippen LogP contribution in [-0.2, 0) is 6.18 Å². The summed E-state index contributed by atoms with van der Waals surface area (Å²) in [6, 6.07) is 10.8. The predicted molar refractivity (Wildman–Crippen MR) is 100 cm³/mol. The van der Waals surface area contributed by atoms with E-state index in [1.807, 2.05) is 0 Å². The first kappa shape index (κ1) is 20.5. The zero-order valence-electron chi connectivity index (χ0n) is 14.8. The summed E-state index contributed by atoms with van der Waals surface area (Å²) in [7, 11) is 0. The number of nitrogens with one attached hydrogen (secondary N) is 1. The molecule has 0 saturated heterocycles. The topological polar surface area (TPSA) is 124 Å². The van der Waals surface area contributed by atoms with Crippen LogP contribution in [-0.4, -0.2) is 16.1 Å². The van der Waals surface area contributed by atoms with E-state index >= 15 is 0 Å². The van der Waals surface area contributed by atoms with Crippen LogP contribution in [0.15, 0.2) is 64.1 Å². The van der Waals surface area contributed by atoms with Crippen molar-refractivity contribution >= 4 is 23.3 Å². The highest BCUT2D eigenvalue weighted by Crippen LogP contribution is 2.35. The molecule has 0 saturated carbocycles. The smallest absolute Gasteiger partial charge is 0.416 e. The van der Waals surface area contributed by atoms with Crippen molar-refractivity contribution in [2.24, 2.45) is 5.10 Å². The third-order valence-corrected chi connectivity index (χ3v) is 3.87. The van der Waals surface area contributed by atoms with Gasteiger partial charge in [0.1, 0.15) is 17.2 Å². The van der Waals surface area contributed by atoms with E-state index in [1.54, 1.807) is 12.1 Å². The van der Waals surface area contributed by atoms with Gasteiger partial charge >= 0.3 is 6.18 Å². The molecule has 3 rings (SSSR count). The van der Waals surface area contributed by atoms with Crippen molar-refractivity contribution in [1.29, 1.82) is 0 Å². The summed E-state index contributed by atoms with van der Waals surface area (Å²) in [5.41, 5.74) is 0.454. The number of nitrogens with zero attached hydrogens (tertiary/aromatic N) is 3. The Hall–Kier alpha value is -4.22. The van der Waals surface area contributed by atoms with Gasteiger partial charge in [0.15, 0.2) is 0 Å². The molecule has 9 nitrogen and oxygen atoms in total. The number of anilines is 1. The second kappa shape index (κ2) is 8.03. The van der Waals surface area contributed by atoms with Crippen molar-refractivity contribution in [3.8, 4) is 11.3 Å². The molecule has 0 aliphatic carbocycles. The standard InChI is InChI=1S/C18H11F3N4O5/c19-18(20,21)12-4-6-15(16(9-12)25(28)29)23-22-10-14-5-7-17(30-14)11-2-1-3-13(8-11)24(26)27/h1-10,23H/b22-10-. The Morgan fingerprint density at radius 3 is 2.43 bits per heavy atom. The fourth-order valence-corrected chi connectivity index (χ4v) is 2.47. The van der Waals surface area contributed by atoms with Gasteiger partial charge in [-0.15, -0.1) is 0 Å². The second-order valence-corrected chi connectivity index (χ2v) is 5.87. The monoisotopic (exact) mass is 420 g/mol. The Balaban J connectivity index is 1.78. The third kappa shape index (κ3) is 4.60. The number of furan rings is 1. The van der Waals surface area contributed by atoms with Crippen molar-refractivity contribution < 1.29 is 27.4 Å². The van der Waals surface area contributed by atoms with Gasteiger partial charge in [0.05, 0.1) is 21.6 Å². The van der Waals surface area contributed by atoms with E-state index in [0.717, 1.165) is 12.3 Å². The molecule has 154 valence electrons. The van der Waals surface area contributed by atoms with E-state index in [4.69, 9.17) is 4.42 Å². The lowest BCUT2D eigenvalue weighted by Gasteiger charge is -2.08. The third-order valence-electron chi connectivity index (χ3n) is 3.87. The Bertz CT molecular complexity index is 1140. The zero-order chi connectivity index (χ0) is 21.9. The molecule has 0 amide bonds. The molecule has 0 bridgehead atoms. The molecule has 1 aromatic heterocycles. The fraction of sp³-hybridized carbons (Fsp3) is 0.0556. The Kier molecular flexibility index (Phi) is 5.49. The summed E-state index contributed by atoms with van der Waals surface area (Å²) >= 11 is 0. The van der Waals surface area contributed by atoms with Crippen molar-refractivity contribution in [2.45, 2.75) is 6.18 Å². The average molecular weight is 420 g/mol. The molecular weight excluding hydrogens is 409 g/mol. The number of halogens is 3. The minimum absolute atomic E-state index is 0.115. The first-order valence-electron chi connectivity index (χ1n) is 8.14. The van der Waals surface area contributed by atoms with Crippen LogP contribution >= 0.6 is 0 Å². The summed E-state index contributed by atoms with van der Waals surface area (Å²) in [6.45, 7) is 0. The van der Waals surface area contributed by atoms with Crippen LogP contribution in [0.5, 0.6) is 0 Å². The van der Waals surface area contributed by atoms with Gasteiger partial charge in [0.25, 0.3) is 11.4 Å². The molecule has 3 aromatic rings. The Labute approximate surface area is 165 Å². The molecule has 1 N–H and O–H groups in total. The summed E-state index contributed by atoms with van der Waals surface area (Å²) in [5, 5.41) is 25.6. The van der Waals surface area contributed by atoms with Gasteiger partial charge in [0.2, 0.25) is 0 Å².